The molecule has 178 valence electrons. The number of aromatic nitrogens is 5. The quantitative estimate of drug-likeness (QED) is 0.610. The topological polar surface area (TPSA) is 88.8 Å². The Labute approximate surface area is 194 Å². The number of aryl methyl sites for hydroxylation is 1. The lowest BCUT2D eigenvalue weighted by molar-refractivity contribution is -0.141. The molecule has 8 nitrogen and oxygen atoms in total. The largest absolute Gasteiger partial charge is 0.434 e. The van der Waals surface area contributed by atoms with Crippen LogP contribution in [0.5, 0.6) is 0 Å². The molecule has 1 N–H and O–H groups in total. The molecule has 6 rings (SSSR count). The van der Waals surface area contributed by atoms with Gasteiger partial charge in [0.05, 0.1) is 42.1 Å². The lowest BCUT2D eigenvalue weighted by Crippen LogP contribution is -2.64. The Hall–Kier alpha value is -3.50. The highest BCUT2D eigenvalue weighted by Crippen LogP contribution is 2.47. The molecule has 2 atom stereocenters. The van der Waals surface area contributed by atoms with Gasteiger partial charge in [0, 0.05) is 12.6 Å². The molecule has 11 heteroatoms. The number of fused-ring (bicyclic) bond motifs is 2. The van der Waals surface area contributed by atoms with Crippen molar-refractivity contribution < 1.29 is 18.0 Å². The number of amides is 1. The normalized spacial score (nSPS) is 24.0. The van der Waals surface area contributed by atoms with Crippen molar-refractivity contribution in [3.8, 4) is 5.69 Å². The first-order valence-electron chi connectivity index (χ1n) is 11.2. The highest BCUT2D eigenvalue weighted by Gasteiger charge is 2.50. The highest BCUT2D eigenvalue weighted by molar-refractivity contribution is 5.98. The zero-order valence-electron chi connectivity index (χ0n) is 18.7. The van der Waals surface area contributed by atoms with Gasteiger partial charge in [0.25, 0.3) is 5.91 Å². The predicted octanol–water partition coefficient (Wildman–Crippen LogP) is 3.74. The van der Waals surface area contributed by atoms with Crippen LogP contribution in [0.2, 0.25) is 0 Å². The van der Waals surface area contributed by atoms with Crippen LogP contribution in [0, 0.1) is 18.8 Å². The second kappa shape index (κ2) is 8.37. The summed E-state index contributed by atoms with van der Waals surface area (Å²) < 4.78 is 38.3. The van der Waals surface area contributed by atoms with Crippen molar-refractivity contribution in [1.29, 1.82) is 0 Å². The molecule has 1 aliphatic carbocycles. The molecule has 2 aliphatic heterocycles. The number of hydrogen-bond donors (Lipinski definition) is 1. The molecule has 1 aromatic carbocycles. The molecule has 3 aliphatic rings. The SMILES string of the molecule is Cc1ccc(-n2nccn2)c(C(=O)N2C3CC(C3)[C@@H](C)C2CNc2cnc(C(F)(F)F)cn2)c1. The molecule has 3 aromatic rings. The number of piperidine rings is 2. The molecule has 4 heterocycles. The Bertz CT molecular complexity index is 1170. The van der Waals surface area contributed by atoms with Gasteiger partial charge in [-0.25, -0.2) is 9.97 Å². The monoisotopic (exact) mass is 471 g/mol. The molecule has 2 aromatic heterocycles. The molecule has 0 radical (unpaired) electrons. The molecule has 1 amide bonds. The van der Waals surface area contributed by atoms with Crippen molar-refractivity contribution in [2.75, 3.05) is 11.9 Å². The summed E-state index contributed by atoms with van der Waals surface area (Å²) in [5.74, 6) is 0.879. The van der Waals surface area contributed by atoms with E-state index >= 15 is 0 Å². The summed E-state index contributed by atoms with van der Waals surface area (Å²) in [7, 11) is 0. The van der Waals surface area contributed by atoms with Crippen LogP contribution in [0.25, 0.3) is 5.69 Å². The first-order chi connectivity index (χ1) is 16.2. The Balaban J connectivity index is 1.40. The van der Waals surface area contributed by atoms with Crippen LogP contribution >= 0.6 is 0 Å². The minimum absolute atomic E-state index is 0.101. The van der Waals surface area contributed by atoms with E-state index in [4.69, 9.17) is 0 Å². The van der Waals surface area contributed by atoms with Gasteiger partial charge in [-0.3, -0.25) is 4.79 Å². The number of alkyl halides is 3. The predicted molar refractivity (Wildman–Crippen MR) is 117 cm³/mol. The van der Waals surface area contributed by atoms with Gasteiger partial charge in [0.15, 0.2) is 5.69 Å². The van der Waals surface area contributed by atoms with Crippen LogP contribution in [0.3, 0.4) is 0 Å². The van der Waals surface area contributed by atoms with Crippen LogP contribution in [-0.2, 0) is 6.18 Å². The number of carbonyl (C=O) groups is 1. The van der Waals surface area contributed by atoms with Gasteiger partial charge in [-0.1, -0.05) is 18.6 Å². The van der Waals surface area contributed by atoms with E-state index in [1.54, 1.807) is 12.4 Å². The number of rotatable bonds is 5. The van der Waals surface area contributed by atoms with Crippen molar-refractivity contribution in [2.24, 2.45) is 11.8 Å². The summed E-state index contributed by atoms with van der Waals surface area (Å²) in [5.41, 5.74) is 1.04. The summed E-state index contributed by atoms with van der Waals surface area (Å²) in [6.07, 6.45) is 2.27. The summed E-state index contributed by atoms with van der Waals surface area (Å²) in [5, 5.41) is 11.5. The molecule has 0 spiro atoms. The number of anilines is 1. The van der Waals surface area contributed by atoms with E-state index in [2.05, 4.69) is 32.4 Å². The lowest BCUT2D eigenvalue weighted by Gasteiger charge is -2.57. The van der Waals surface area contributed by atoms with Crippen molar-refractivity contribution in [3.05, 3.63) is 59.8 Å². The number of nitrogens with one attached hydrogen (secondary N) is 1. The van der Waals surface area contributed by atoms with Crippen molar-refractivity contribution in [3.63, 3.8) is 0 Å². The lowest BCUT2D eigenvalue weighted by atomic mass is 9.64. The second-order valence-corrected chi connectivity index (χ2v) is 9.03. The van der Waals surface area contributed by atoms with E-state index in [0.29, 0.717) is 29.9 Å². The van der Waals surface area contributed by atoms with Crippen LogP contribution in [0.15, 0.2) is 43.0 Å². The molecule has 2 saturated heterocycles. The Kier molecular flexibility index (Phi) is 5.49. The van der Waals surface area contributed by atoms with Gasteiger partial charge in [-0.2, -0.15) is 28.2 Å². The fraction of sp³-hybridized carbons (Fsp3) is 0.435. The average molecular weight is 471 g/mol. The van der Waals surface area contributed by atoms with Gasteiger partial charge in [-0.05, 0) is 43.7 Å². The maximum Gasteiger partial charge on any atom is 0.434 e. The fourth-order valence-electron chi connectivity index (χ4n) is 4.97. The minimum atomic E-state index is -4.54. The molecule has 1 unspecified atom stereocenters. The summed E-state index contributed by atoms with van der Waals surface area (Å²) in [4.78, 5) is 24.6. The van der Waals surface area contributed by atoms with E-state index < -0.39 is 11.9 Å². The molecule has 3 fully saturated rings. The molecule has 34 heavy (non-hydrogen) atoms. The highest BCUT2D eigenvalue weighted by atomic mass is 19.4. The number of carbonyl (C=O) groups excluding carboxylic acids is 1. The maximum atomic E-state index is 13.9. The number of hydrogen-bond acceptors (Lipinski definition) is 6. The van der Waals surface area contributed by atoms with Crippen LogP contribution < -0.4 is 5.32 Å². The van der Waals surface area contributed by atoms with Crippen molar-refractivity contribution >= 4 is 11.7 Å². The zero-order valence-corrected chi connectivity index (χ0v) is 18.7. The number of nitrogens with zero attached hydrogens (tertiary/aromatic N) is 6. The van der Waals surface area contributed by atoms with Gasteiger partial charge >= 0.3 is 6.18 Å². The summed E-state index contributed by atoms with van der Waals surface area (Å²) in [6.45, 7) is 4.41. The van der Waals surface area contributed by atoms with Gasteiger partial charge in [0.1, 0.15) is 5.82 Å². The maximum absolute atomic E-state index is 13.9. The number of halogens is 3. The molecule has 1 saturated carbocycles. The molecule has 2 bridgehead atoms. The van der Waals surface area contributed by atoms with Crippen LogP contribution in [-0.4, -0.2) is 54.4 Å². The third-order valence-electron chi connectivity index (χ3n) is 6.94. The van der Waals surface area contributed by atoms with E-state index in [1.165, 1.54) is 4.80 Å². The fourth-order valence-corrected chi connectivity index (χ4v) is 4.97. The standard InChI is InChI=1S/C23H24F3N7O/c1-13-3-4-18(33-30-5-6-31-33)17(7-13)22(34)32-16-8-15(9-16)14(2)19(32)10-28-21-12-27-20(11-29-21)23(24,25)26/h3-7,11-12,14-16,19H,8-10H2,1-2H3,(H,28,29)/t14-,15?,16?,19?/m1/s1. The van der Waals surface area contributed by atoms with Crippen molar-refractivity contribution in [2.45, 2.75) is 44.9 Å². The first-order valence-corrected chi connectivity index (χ1v) is 11.2. The molecular weight excluding hydrogens is 447 g/mol. The van der Waals surface area contributed by atoms with E-state index in [9.17, 15) is 18.0 Å². The summed E-state index contributed by atoms with van der Waals surface area (Å²) in [6, 6.07) is 5.58. The van der Waals surface area contributed by atoms with Crippen LogP contribution in [0.1, 0.15) is 41.4 Å². The van der Waals surface area contributed by atoms with Crippen molar-refractivity contribution in [1.82, 2.24) is 29.9 Å². The minimum Gasteiger partial charge on any atom is -0.367 e. The zero-order chi connectivity index (χ0) is 24.0. The van der Waals surface area contributed by atoms with Crippen LogP contribution in [0.4, 0.5) is 19.0 Å². The second-order valence-electron chi connectivity index (χ2n) is 9.03. The Morgan fingerprint density at radius 3 is 2.53 bits per heavy atom. The smallest absolute Gasteiger partial charge is 0.367 e. The van der Waals surface area contributed by atoms with Gasteiger partial charge < -0.3 is 10.2 Å². The van der Waals surface area contributed by atoms with E-state index in [0.717, 1.165) is 24.6 Å². The first kappa shape index (κ1) is 22.3. The average Bonchev–Trinajstić information content (AvgIpc) is 3.31. The Morgan fingerprint density at radius 1 is 1.15 bits per heavy atom. The van der Waals surface area contributed by atoms with E-state index in [-0.39, 0.29) is 29.7 Å². The van der Waals surface area contributed by atoms with Gasteiger partial charge in [-0.15, -0.1) is 0 Å². The number of benzene rings is 1. The Morgan fingerprint density at radius 2 is 1.88 bits per heavy atom. The molecular formula is C23H24F3N7O. The summed E-state index contributed by atoms with van der Waals surface area (Å²) >= 11 is 0. The third kappa shape index (κ3) is 3.99. The van der Waals surface area contributed by atoms with E-state index in [1.807, 2.05) is 30.0 Å². The van der Waals surface area contributed by atoms with Gasteiger partial charge in [0.2, 0.25) is 0 Å². The third-order valence-corrected chi connectivity index (χ3v) is 6.94.